The molecule has 0 radical (unpaired) electrons. The predicted molar refractivity (Wildman–Crippen MR) is 115 cm³/mol. The van der Waals surface area contributed by atoms with Crippen molar-refractivity contribution in [3.63, 3.8) is 0 Å². The number of hydrogen-bond acceptors (Lipinski definition) is 8. The molecule has 0 fully saturated rings. The van der Waals surface area contributed by atoms with E-state index < -0.39 is 0 Å². The number of thiazole rings is 1. The Morgan fingerprint density at radius 1 is 1.14 bits per heavy atom. The van der Waals surface area contributed by atoms with Gasteiger partial charge < -0.3 is 9.47 Å². The molecule has 1 aromatic carbocycles. The lowest BCUT2D eigenvalue weighted by Crippen LogP contribution is -2.19. The van der Waals surface area contributed by atoms with Crippen LogP contribution in [-0.4, -0.2) is 28.8 Å². The molecule has 0 N–H and O–H groups in total. The lowest BCUT2D eigenvalue weighted by atomic mass is 10.2. The molecule has 0 saturated heterocycles. The number of benzene rings is 1. The molecule has 28 heavy (non-hydrogen) atoms. The van der Waals surface area contributed by atoms with Gasteiger partial charge in [0.2, 0.25) is 0 Å². The molecule has 4 rings (SSSR count). The van der Waals surface area contributed by atoms with Crippen molar-refractivity contribution in [2.24, 2.45) is 7.05 Å². The second-order valence-corrected chi connectivity index (χ2v) is 8.57. The van der Waals surface area contributed by atoms with Crippen LogP contribution in [0.1, 0.15) is 5.69 Å². The largest absolute Gasteiger partial charge is 0.493 e. The van der Waals surface area contributed by atoms with Crippen LogP contribution in [0, 0.1) is 0 Å². The Labute approximate surface area is 173 Å². The highest BCUT2D eigenvalue weighted by Gasteiger charge is 2.15. The molecule has 144 valence electrons. The van der Waals surface area contributed by atoms with E-state index in [9.17, 15) is 4.79 Å². The summed E-state index contributed by atoms with van der Waals surface area (Å²) in [5, 5.41) is 6.12. The first kappa shape index (κ1) is 19.0. The van der Waals surface area contributed by atoms with Gasteiger partial charge in [0.15, 0.2) is 16.7 Å². The summed E-state index contributed by atoms with van der Waals surface area (Å²) in [4.78, 5) is 22.5. The maximum absolute atomic E-state index is 12.4. The molecule has 6 nitrogen and oxygen atoms in total. The van der Waals surface area contributed by atoms with Crippen molar-refractivity contribution in [3.05, 3.63) is 51.1 Å². The molecule has 0 spiro atoms. The van der Waals surface area contributed by atoms with E-state index in [4.69, 9.17) is 14.5 Å². The second kappa shape index (κ2) is 7.94. The Morgan fingerprint density at radius 3 is 2.79 bits per heavy atom. The number of rotatable bonds is 6. The molecule has 3 aromatic heterocycles. The number of ether oxygens (including phenoxy) is 2. The number of thiophene rings is 1. The van der Waals surface area contributed by atoms with E-state index in [0.717, 1.165) is 21.1 Å². The van der Waals surface area contributed by atoms with Crippen LogP contribution in [0.5, 0.6) is 11.5 Å². The number of nitrogens with zero attached hydrogens (tertiary/aromatic N) is 3. The number of thioether (sulfide) groups is 1. The van der Waals surface area contributed by atoms with Crippen LogP contribution in [0.25, 0.3) is 20.8 Å². The molecule has 9 heteroatoms. The average Bonchev–Trinajstić information content (AvgIpc) is 3.38. The molecule has 0 aliphatic heterocycles. The van der Waals surface area contributed by atoms with E-state index in [1.165, 1.54) is 23.1 Å². The smallest absolute Gasteiger partial charge is 0.262 e. The van der Waals surface area contributed by atoms with Crippen LogP contribution in [0.4, 0.5) is 0 Å². The van der Waals surface area contributed by atoms with Gasteiger partial charge >= 0.3 is 0 Å². The molecule has 0 aliphatic rings. The van der Waals surface area contributed by atoms with Gasteiger partial charge in [-0.05, 0) is 23.6 Å². The number of methoxy groups -OCH3 is 2. The zero-order chi connectivity index (χ0) is 19.7. The molecular weight excluding hydrogens is 414 g/mol. The molecule has 0 saturated carbocycles. The summed E-state index contributed by atoms with van der Waals surface area (Å²) >= 11 is 4.53. The molecule has 4 aromatic rings. The molecule has 0 aliphatic carbocycles. The highest BCUT2D eigenvalue weighted by atomic mass is 32.2. The maximum atomic E-state index is 12.4. The minimum atomic E-state index is -0.0196. The van der Waals surface area contributed by atoms with Crippen molar-refractivity contribution in [1.29, 1.82) is 0 Å². The molecule has 0 unspecified atom stereocenters. The third kappa shape index (κ3) is 3.41. The van der Waals surface area contributed by atoms with Gasteiger partial charge in [-0.25, -0.2) is 9.97 Å². The van der Waals surface area contributed by atoms with Gasteiger partial charge in [0.05, 0.1) is 30.9 Å². The lowest BCUT2D eigenvalue weighted by molar-refractivity contribution is 0.356. The average molecular weight is 432 g/mol. The van der Waals surface area contributed by atoms with Gasteiger partial charge in [0, 0.05) is 18.2 Å². The Balaban J connectivity index is 1.58. The molecular formula is C19H17N3O3S3. The number of hydrogen-bond donors (Lipinski definition) is 0. The summed E-state index contributed by atoms with van der Waals surface area (Å²) in [5.74, 6) is 1.97. The Morgan fingerprint density at radius 2 is 2.00 bits per heavy atom. The summed E-state index contributed by atoms with van der Waals surface area (Å²) in [6, 6.07) is 7.56. The van der Waals surface area contributed by atoms with Gasteiger partial charge in [-0.3, -0.25) is 9.36 Å². The fourth-order valence-electron chi connectivity index (χ4n) is 2.80. The quantitative estimate of drug-likeness (QED) is 0.332. The summed E-state index contributed by atoms with van der Waals surface area (Å²) in [7, 11) is 4.99. The standard InChI is InChI=1S/C19H17N3O3S3/c1-22-18(23)13-7-8-26-17(13)21-19(22)28-10-11-9-27-16(20-11)12-5-4-6-14(24-2)15(12)25-3/h4-9H,10H2,1-3H3. The van der Waals surface area contributed by atoms with Crippen LogP contribution in [0.15, 0.2) is 45.0 Å². The van der Waals surface area contributed by atoms with E-state index >= 15 is 0 Å². The minimum Gasteiger partial charge on any atom is -0.493 e. The summed E-state index contributed by atoms with van der Waals surface area (Å²) < 4.78 is 12.5. The van der Waals surface area contributed by atoms with E-state index in [0.29, 0.717) is 27.8 Å². The van der Waals surface area contributed by atoms with E-state index in [-0.39, 0.29) is 5.56 Å². The SMILES string of the molecule is COc1cccc(-c2nc(CSc3nc4sccc4c(=O)n3C)cs2)c1OC. The van der Waals surface area contributed by atoms with Gasteiger partial charge in [0.1, 0.15) is 9.84 Å². The highest BCUT2D eigenvalue weighted by Crippen LogP contribution is 2.39. The molecule has 0 amide bonds. The van der Waals surface area contributed by atoms with Crippen molar-refractivity contribution in [3.8, 4) is 22.1 Å². The fraction of sp³-hybridized carbons (Fsp3) is 0.211. The zero-order valence-corrected chi connectivity index (χ0v) is 17.9. The zero-order valence-electron chi connectivity index (χ0n) is 15.5. The van der Waals surface area contributed by atoms with Crippen molar-refractivity contribution in [2.45, 2.75) is 10.9 Å². The van der Waals surface area contributed by atoms with Gasteiger partial charge in [-0.2, -0.15) is 0 Å². The van der Waals surface area contributed by atoms with Crippen molar-refractivity contribution < 1.29 is 9.47 Å². The van der Waals surface area contributed by atoms with Crippen molar-refractivity contribution >= 4 is 44.7 Å². The first-order chi connectivity index (χ1) is 13.6. The number of fused-ring (bicyclic) bond motifs is 1. The monoisotopic (exact) mass is 431 g/mol. The molecule has 0 atom stereocenters. The first-order valence-corrected chi connectivity index (χ1v) is 11.1. The third-order valence-corrected chi connectivity index (χ3v) is 6.99. The van der Waals surface area contributed by atoms with Crippen LogP contribution < -0.4 is 15.0 Å². The number of para-hydroxylation sites is 1. The third-order valence-electron chi connectivity index (χ3n) is 4.20. The van der Waals surface area contributed by atoms with Crippen LogP contribution in [-0.2, 0) is 12.8 Å². The number of aromatic nitrogens is 3. The maximum Gasteiger partial charge on any atom is 0.262 e. The fourth-order valence-corrected chi connectivity index (χ4v) is 5.42. The lowest BCUT2D eigenvalue weighted by Gasteiger charge is -2.10. The first-order valence-electron chi connectivity index (χ1n) is 8.35. The molecule has 3 heterocycles. The predicted octanol–water partition coefficient (Wildman–Crippen LogP) is 4.43. The second-order valence-electron chi connectivity index (χ2n) is 5.87. The Hall–Kier alpha value is -2.36. The van der Waals surface area contributed by atoms with Gasteiger partial charge in [-0.1, -0.05) is 17.8 Å². The van der Waals surface area contributed by atoms with E-state index in [1.54, 1.807) is 37.2 Å². The topological polar surface area (TPSA) is 66.2 Å². The summed E-state index contributed by atoms with van der Waals surface area (Å²) in [5.41, 5.74) is 1.80. The minimum absolute atomic E-state index is 0.0196. The van der Waals surface area contributed by atoms with Crippen LogP contribution in [0.2, 0.25) is 0 Å². The van der Waals surface area contributed by atoms with E-state index in [1.807, 2.05) is 35.0 Å². The van der Waals surface area contributed by atoms with Crippen LogP contribution in [0.3, 0.4) is 0 Å². The summed E-state index contributed by atoms with van der Waals surface area (Å²) in [6.45, 7) is 0. The van der Waals surface area contributed by atoms with Crippen molar-refractivity contribution in [1.82, 2.24) is 14.5 Å². The highest BCUT2D eigenvalue weighted by molar-refractivity contribution is 7.98. The normalized spacial score (nSPS) is 11.1. The van der Waals surface area contributed by atoms with Crippen molar-refractivity contribution in [2.75, 3.05) is 14.2 Å². The van der Waals surface area contributed by atoms with Crippen LogP contribution >= 0.6 is 34.4 Å². The molecule has 0 bridgehead atoms. The van der Waals surface area contributed by atoms with Gasteiger partial charge in [-0.15, -0.1) is 22.7 Å². The summed E-state index contributed by atoms with van der Waals surface area (Å²) in [6.07, 6.45) is 0. The van der Waals surface area contributed by atoms with Gasteiger partial charge in [0.25, 0.3) is 5.56 Å². The Bertz CT molecular complexity index is 1200. The van der Waals surface area contributed by atoms with E-state index in [2.05, 4.69) is 4.98 Å². The Kier molecular flexibility index (Phi) is 5.38.